The summed E-state index contributed by atoms with van der Waals surface area (Å²) in [5.74, 6) is -4.85. The van der Waals surface area contributed by atoms with E-state index in [0.29, 0.717) is 6.54 Å². The van der Waals surface area contributed by atoms with E-state index in [4.69, 9.17) is 0 Å². The van der Waals surface area contributed by atoms with Crippen molar-refractivity contribution in [2.75, 3.05) is 6.54 Å². The fourth-order valence-electron chi connectivity index (χ4n) is 1.88. The van der Waals surface area contributed by atoms with Crippen LogP contribution in [-0.2, 0) is 6.54 Å². The minimum atomic E-state index is -1.56. The van der Waals surface area contributed by atoms with Crippen LogP contribution in [0.4, 0.5) is 17.6 Å². The van der Waals surface area contributed by atoms with Gasteiger partial charge in [0.25, 0.3) is 0 Å². The van der Waals surface area contributed by atoms with E-state index in [2.05, 4.69) is 5.32 Å². The van der Waals surface area contributed by atoms with Crippen molar-refractivity contribution in [2.24, 2.45) is 0 Å². The summed E-state index contributed by atoms with van der Waals surface area (Å²) >= 11 is 0. The number of rotatable bonds is 4. The van der Waals surface area contributed by atoms with E-state index in [1.807, 2.05) is 6.92 Å². The molecular weight excluding hydrogens is 270 g/mol. The summed E-state index contributed by atoms with van der Waals surface area (Å²) in [4.78, 5) is 0. The Hall–Kier alpha value is -1.88. The number of benzene rings is 2. The molecule has 0 saturated carbocycles. The van der Waals surface area contributed by atoms with Crippen LogP contribution in [0.5, 0.6) is 0 Å². The lowest BCUT2D eigenvalue weighted by Crippen LogP contribution is -2.11. The Bertz CT molecular complexity index is 602. The molecule has 0 radical (unpaired) electrons. The lowest BCUT2D eigenvalue weighted by molar-refractivity contribution is 0.447. The molecule has 2 aromatic rings. The average molecular weight is 283 g/mol. The molecule has 0 aliphatic rings. The van der Waals surface area contributed by atoms with Gasteiger partial charge in [-0.3, -0.25) is 0 Å². The first-order valence-electron chi connectivity index (χ1n) is 6.17. The monoisotopic (exact) mass is 283 g/mol. The standard InChI is InChI=1S/C15H13F4N/c1-2-20-8-9-3-4-12(16)11(5-9)10-6-13(17)15(19)14(18)7-10/h3-7,20H,2,8H2,1H3. The summed E-state index contributed by atoms with van der Waals surface area (Å²) in [6.07, 6.45) is 0. The molecule has 0 saturated heterocycles. The average Bonchev–Trinajstić information content (AvgIpc) is 2.43. The molecule has 0 amide bonds. The molecule has 20 heavy (non-hydrogen) atoms. The van der Waals surface area contributed by atoms with Crippen LogP contribution in [0, 0.1) is 23.3 Å². The summed E-state index contributed by atoms with van der Waals surface area (Å²) in [5.41, 5.74) is 0.781. The molecule has 0 spiro atoms. The third-order valence-electron chi connectivity index (χ3n) is 2.90. The molecule has 1 N–H and O–H groups in total. The van der Waals surface area contributed by atoms with Crippen LogP contribution in [-0.4, -0.2) is 6.54 Å². The second kappa shape index (κ2) is 6.05. The maximum absolute atomic E-state index is 13.8. The Morgan fingerprint density at radius 2 is 1.55 bits per heavy atom. The van der Waals surface area contributed by atoms with E-state index >= 15 is 0 Å². The summed E-state index contributed by atoms with van der Waals surface area (Å²) < 4.78 is 53.1. The topological polar surface area (TPSA) is 12.0 Å². The molecule has 0 fully saturated rings. The van der Waals surface area contributed by atoms with E-state index < -0.39 is 23.3 Å². The molecule has 0 aliphatic carbocycles. The Balaban J connectivity index is 2.46. The van der Waals surface area contributed by atoms with E-state index in [1.165, 1.54) is 12.1 Å². The Morgan fingerprint density at radius 1 is 0.900 bits per heavy atom. The summed E-state index contributed by atoms with van der Waals surface area (Å²) in [6.45, 7) is 3.18. The van der Waals surface area contributed by atoms with Gasteiger partial charge in [0.05, 0.1) is 0 Å². The molecule has 2 aromatic carbocycles. The predicted molar refractivity (Wildman–Crippen MR) is 69.1 cm³/mol. The molecule has 0 aliphatic heterocycles. The van der Waals surface area contributed by atoms with Gasteiger partial charge in [-0.2, -0.15) is 0 Å². The van der Waals surface area contributed by atoms with Crippen molar-refractivity contribution in [3.8, 4) is 11.1 Å². The predicted octanol–water partition coefficient (Wildman–Crippen LogP) is 4.02. The molecule has 0 heterocycles. The van der Waals surface area contributed by atoms with E-state index in [0.717, 1.165) is 24.2 Å². The van der Waals surface area contributed by atoms with Crippen LogP contribution < -0.4 is 5.32 Å². The van der Waals surface area contributed by atoms with Crippen LogP contribution in [0.1, 0.15) is 12.5 Å². The van der Waals surface area contributed by atoms with Crippen LogP contribution in [0.3, 0.4) is 0 Å². The zero-order valence-corrected chi connectivity index (χ0v) is 10.8. The smallest absolute Gasteiger partial charge is 0.194 e. The van der Waals surface area contributed by atoms with Gasteiger partial charge in [0.15, 0.2) is 17.5 Å². The number of nitrogens with one attached hydrogen (secondary N) is 1. The summed E-state index contributed by atoms with van der Waals surface area (Å²) in [5, 5.41) is 3.06. The van der Waals surface area contributed by atoms with Crippen molar-refractivity contribution in [3.05, 3.63) is 59.2 Å². The van der Waals surface area contributed by atoms with Crippen molar-refractivity contribution in [3.63, 3.8) is 0 Å². The van der Waals surface area contributed by atoms with E-state index in [1.54, 1.807) is 6.07 Å². The highest BCUT2D eigenvalue weighted by atomic mass is 19.2. The minimum absolute atomic E-state index is 0.0303. The normalized spacial score (nSPS) is 10.8. The molecule has 5 heteroatoms. The molecule has 1 nitrogen and oxygen atoms in total. The molecule has 106 valence electrons. The van der Waals surface area contributed by atoms with Gasteiger partial charge in [-0.05, 0) is 41.9 Å². The first kappa shape index (κ1) is 14.5. The van der Waals surface area contributed by atoms with Crippen LogP contribution in [0.2, 0.25) is 0 Å². The zero-order valence-electron chi connectivity index (χ0n) is 10.8. The van der Waals surface area contributed by atoms with Gasteiger partial charge in [-0.25, -0.2) is 17.6 Å². The van der Waals surface area contributed by atoms with Gasteiger partial charge in [0.2, 0.25) is 0 Å². The Labute approximate surface area is 114 Å². The third-order valence-corrected chi connectivity index (χ3v) is 2.90. The van der Waals surface area contributed by atoms with Crippen molar-refractivity contribution in [2.45, 2.75) is 13.5 Å². The van der Waals surface area contributed by atoms with Crippen LogP contribution in [0.15, 0.2) is 30.3 Å². The third kappa shape index (κ3) is 2.99. The van der Waals surface area contributed by atoms with Crippen molar-refractivity contribution < 1.29 is 17.6 Å². The SMILES string of the molecule is CCNCc1ccc(F)c(-c2cc(F)c(F)c(F)c2)c1. The lowest BCUT2D eigenvalue weighted by atomic mass is 10.0. The Morgan fingerprint density at radius 3 is 2.15 bits per heavy atom. The second-order valence-electron chi connectivity index (χ2n) is 4.35. The molecule has 2 rings (SSSR count). The first-order chi connectivity index (χ1) is 9.52. The quantitative estimate of drug-likeness (QED) is 0.660. The Kier molecular flexibility index (Phi) is 4.39. The largest absolute Gasteiger partial charge is 0.313 e. The van der Waals surface area contributed by atoms with Crippen molar-refractivity contribution in [1.29, 1.82) is 0 Å². The maximum Gasteiger partial charge on any atom is 0.194 e. The van der Waals surface area contributed by atoms with Gasteiger partial charge in [-0.1, -0.05) is 13.0 Å². The number of halogens is 4. The lowest BCUT2D eigenvalue weighted by Gasteiger charge is -2.08. The van der Waals surface area contributed by atoms with Gasteiger partial charge in [-0.15, -0.1) is 0 Å². The van der Waals surface area contributed by atoms with Gasteiger partial charge < -0.3 is 5.32 Å². The van der Waals surface area contributed by atoms with Crippen LogP contribution in [0.25, 0.3) is 11.1 Å². The molecule has 0 unspecified atom stereocenters. The van der Waals surface area contributed by atoms with Crippen molar-refractivity contribution in [1.82, 2.24) is 5.32 Å². The molecule has 0 aromatic heterocycles. The van der Waals surface area contributed by atoms with Gasteiger partial charge in [0, 0.05) is 12.1 Å². The number of hydrogen-bond donors (Lipinski definition) is 1. The summed E-state index contributed by atoms with van der Waals surface area (Å²) in [7, 11) is 0. The minimum Gasteiger partial charge on any atom is -0.313 e. The second-order valence-corrected chi connectivity index (χ2v) is 4.35. The fraction of sp³-hybridized carbons (Fsp3) is 0.200. The van der Waals surface area contributed by atoms with Gasteiger partial charge in [0.1, 0.15) is 5.82 Å². The molecular formula is C15H13F4N. The maximum atomic E-state index is 13.8. The van der Waals surface area contributed by atoms with Gasteiger partial charge >= 0.3 is 0 Å². The van der Waals surface area contributed by atoms with Crippen molar-refractivity contribution >= 4 is 0 Å². The zero-order chi connectivity index (χ0) is 14.7. The fourth-order valence-corrected chi connectivity index (χ4v) is 1.88. The highest BCUT2D eigenvalue weighted by Crippen LogP contribution is 2.27. The first-order valence-corrected chi connectivity index (χ1v) is 6.17. The molecule has 0 atom stereocenters. The number of hydrogen-bond acceptors (Lipinski definition) is 1. The summed E-state index contributed by atoms with van der Waals surface area (Å²) in [6, 6.07) is 5.87. The van der Waals surface area contributed by atoms with E-state index in [9.17, 15) is 17.6 Å². The van der Waals surface area contributed by atoms with Crippen LogP contribution >= 0.6 is 0 Å². The van der Waals surface area contributed by atoms with E-state index in [-0.39, 0.29) is 11.1 Å². The highest BCUT2D eigenvalue weighted by molar-refractivity contribution is 5.65. The highest BCUT2D eigenvalue weighted by Gasteiger charge is 2.14. The molecule has 0 bridgehead atoms.